The number of hydrogen-bond donors (Lipinski definition) is 2. The molecule has 1 aromatic carbocycles. The van der Waals surface area contributed by atoms with Crippen LogP contribution in [0.15, 0.2) is 30.3 Å². The predicted octanol–water partition coefficient (Wildman–Crippen LogP) is 3.13. The van der Waals surface area contributed by atoms with Crippen LogP contribution in [0.5, 0.6) is 5.75 Å². The number of aromatic nitrogens is 2. The van der Waals surface area contributed by atoms with Crippen LogP contribution in [0.1, 0.15) is 29.3 Å². The number of aromatic amines is 1. The van der Waals surface area contributed by atoms with Gasteiger partial charge in [-0.25, -0.2) is 0 Å². The van der Waals surface area contributed by atoms with Crippen molar-refractivity contribution in [3.63, 3.8) is 0 Å². The molecule has 23 heavy (non-hydrogen) atoms. The molecule has 1 aliphatic heterocycles. The summed E-state index contributed by atoms with van der Waals surface area (Å²) in [6.07, 6.45) is -2.71. The molecule has 124 valence electrons. The predicted molar refractivity (Wildman–Crippen MR) is 79.5 cm³/mol. The van der Waals surface area contributed by atoms with E-state index in [9.17, 15) is 13.2 Å². The molecule has 1 aliphatic rings. The molecule has 7 heteroatoms. The monoisotopic (exact) mass is 325 g/mol. The Bertz CT molecular complexity index is 648. The molecule has 0 spiro atoms. The number of hydrogen-bond acceptors (Lipinski definition) is 3. The summed E-state index contributed by atoms with van der Waals surface area (Å²) in [6, 6.07) is 6.93. The summed E-state index contributed by atoms with van der Waals surface area (Å²) in [5, 5.41) is 10.6. The lowest BCUT2D eigenvalue weighted by atomic mass is 10.0. The van der Waals surface area contributed by atoms with Crippen LogP contribution in [0.3, 0.4) is 0 Å². The molecule has 0 amide bonds. The van der Waals surface area contributed by atoms with Gasteiger partial charge in [-0.2, -0.15) is 18.3 Å². The number of nitrogens with one attached hydrogen (secondary N) is 2. The normalized spacial score (nSPS) is 18.3. The molecule has 3 rings (SSSR count). The zero-order valence-corrected chi connectivity index (χ0v) is 12.5. The molecule has 1 atom stereocenters. The largest absolute Gasteiger partial charge is 0.493 e. The zero-order chi connectivity index (χ0) is 16.3. The van der Waals surface area contributed by atoms with Crippen LogP contribution >= 0.6 is 0 Å². The van der Waals surface area contributed by atoms with Gasteiger partial charge < -0.3 is 10.1 Å². The van der Waals surface area contributed by atoms with Crippen molar-refractivity contribution in [1.29, 1.82) is 0 Å². The molecule has 2 heterocycles. The molecular formula is C16H18F3N3O. The minimum atomic E-state index is -4.35. The van der Waals surface area contributed by atoms with Gasteiger partial charge in [0.15, 0.2) is 0 Å². The van der Waals surface area contributed by atoms with E-state index in [0.29, 0.717) is 18.9 Å². The first-order valence-electron chi connectivity index (χ1n) is 7.57. The van der Waals surface area contributed by atoms with Gasteiger partial charge >= 0.3 is 6.18 Å². The molecule has 0 bridgehead atoms. The Morgan fingerprint density at radius 1 is 1.26 bits per heavy atom. The highest BCUT2D eigenvalue weighted by Crippen LogP contribution is 2.31. The van der Waals surface area contributed by atoms with Crippen LogP contribution in [-0.4, -0.2) is 29.9 Å². The van der Waals surface area contributed by atoms with E-state index in [1.54, 1.807) is 0 Å². The number of ether oxygens (including phenoxy) is 1. The number of benzene rings is 1. The quantitative estimate of drug-likeness (QED) is 0.888. The van der Waals surface area contributed by atoms with Crippen molar-refractivity contribution in [1.82, 2.24) is 15.5 Å². The fraction of sp³-hybridized carbons (Fsp3) is 0.438. The smallest absolute Gasteiger partial charge is 0.416 e. The lowest BCUT2D eigenvalue weighted by Gasteiger charge is -2.09. The molecular weight excluding hydrogens is 307 g/mol. The second kappa shape index (κ2) is 6.62. The van der Waals surface area contributed by atoms with Crippen molar-refractivity contribution in [3.8, 4) is 5.75 Å². The van der Waals surface area contributed by atoms with Crippen LogP contribution in [0, 0.1) is 0 Å². The molecule has 0 saturated carbocycles. The summed E-state index contributed by atoms with van der Waals surface area (Å²) in [4.78, 5) is 0. The van der Waals surface area contributed by atoms with Gasteiger partial charge in [-0.3, -0.25) is 5.10 Å². The molecule has 1 unspecified atom stereocenters. The van der Waals surface area contributed by atoms with Crippen molar-refractivity contribution in [3.05, 3.63) is 47.3 Å². The van der Waals surface area contributed by atoms with Crippen molar-refractivity contribution in [2.45, 2.75) is 24.9 Å². The van der Waals surface area contributed by atoms with Crippen LogP contribution in [-0.2, 0) is 12.6 Å². The highest BCUT2D eigenvalue weighted by molar-refractivity contribution is 5.30. The molecule has 0 aliphatic carbocycles. The Morgan fingerprint density at radius 2 is 2.13 bits per heavy atom. The number of alkyl halides is 3. The van der Waals surface area contributed by atoms with Gasteiger partial charge in [-0.1, -0.05) is 6.07 Å². The zero-order valence-electron chi connectivity index (χ0n) is 12.5. The van der Waals surface area contributed by atoms with E-state index in [1.807, 2.05) is 6.07 Å². The number of nitrogens with zero attached hydrogens (tertiary/aromatic N) is 1. The number of halogens is 3. The molecule has 2 N–H and O–H groups in total. The minimum Gasteiger partial charge on any atom is -0.493 e. The summed E-state index contributed by atoms with van der Waals surface area (Å²) >= 11 is 0. The van der Waals surface area contributed by atoms with E-state index >= 15 is 0 Å². The van der Waals surface area contributed by atoms with Gasteiger partial charge in [-0.15, -0.1) is 0 Å². The van der Waals surface area contributed by atoms with Crippen LogP contribution in [0.2, 0.25) is 0 Å². The maximum atomic E-state index is 12.6. The summed E-state index contributed by atoms with van der Waals surface area (Å²) in [5.41, 5.74) is 1.26. The van der Waals surface area contributed by atoms with Crippen LogP contribution < -0.4 is 10.1 Å². The fourth-order valence-electron chi connectivity index (χ4n) is 2.66. The van der Waals surface area contributed by atoms with Crippen LogP contribution in [0.25, 0.3) is 0 Å². The summed E-state index contributed by atoms with van der Waals surface area (Å²) in [5.74, 6) is 0.656. The summed E-state index contributed by atoms with van der Waals surface area (Å²) in [6.45, 7) is 2.24. The van der Waals surface area contributed by atoms with Gasteiger partial charge in [0.25, 0.3) is 0 Å². The summed E-state index contributed by atoms with van der Waals surface area (Å²) in [7, 11) is 0. The van der Waals surface area contributed by atoms with E-state index in [4.69, 9.17) is 4.74 Å². The average Bonchev–Trinajstić information content (AvgIpc) is 3.18. The lowest BCUT2D eigenvalue weighted by Crippen LogP contribution is -2.08. The minimum absolute atomic E-state index is 0.222. The molecule has 1 aromatic heterocycles. The maximum absolute atomic E-state index is 12.6. The molecule has 1 fully saturated rings. The van der Waals surface area contributed by atoms with Gasteiger partial charge in [0, 0.05) is 24.6 Å². The number of H-pyrrole nitrogens is 1. The van der Waals surface area contributed by atoms with Crippen LogP contribution in [0.4, 0.5) is 13.2 Å². The Morgan fingerprint density at radius 3 is 2.87 bits per heavy atom. The third-order valence-electron chi connectivity index (χ3n) is 3.93. The Hall–Kier alpha value is -2.02. The first-order valence-corrected chi connectivity index (χ1v) is 7.57. The molecule has 2 aromatic rings. The molecule has 0 radical (unpaired) electrons. The fourth-order valence-corrected chi connectivity index (χ4v) is 2.66. The lowest BCUT2D eigenvalue weighted by molar-refractivity contribution is -0.137. The topological polar surface area (TPSA) is 49.9 Å². The average molecular weight is 325 g/mol. The first kappa shape index (κ1) is 15.9. The van der Waals surface area contributed by atoms with E-state index < -0.39 is 11.7 Å². The second-order valence-electron chi connectivity index (χ2n) is 5.63. The SMILES string of the molecule is FC(F)(F)c1cccc(OCCc2cc(C3CCNC3)n[nH]2)c1. The maximum Gasteiger partial charge on any atom is 0.416 e. The van der Waals surface area contributed by atoms with Gasteiger partial charge in [0.05, 0.1) is 17.9 Å². The van der Waals surface area contributed by atoms with Gasteiger partial charge in [0.1, 0.15) is 5.75 Å². The Labute approximate surface area is 132 Å². The van der Waals surface area contributed by atoms with E-state index in [-0.39, 0.29) is 5.75 Å². The van der Waals surface area contributed by atoms with E-state index in [0.717, 1.165) is 43.0 Å². The van der Waals surface area contributed by atoms with Gasteiger partial charge in [-0.05, 0) is 37.2 Å². The number of rotatable bonds is 5. The van der Waals surface area contributed by atoms with Crippen molar-refractivity contribution >= 4 is 0 Å². The third-order valence-corrected chi connectivity index (χ3v) is 3.93. The van der Waals surface area contributed by atoms with Crippen molar-refractivity contribution in [2.75, 3.05) is 19.7 Å². The first-order chi connectivity index (χ1) is 11.0. The standard InChI is InChI=1S/C16H18F3N3O/c17-16(18,19)12-2-1-3-14(8-12)23-7-5-13-9-15(22-21-13)11-4-6-20-10-11/h1-3,8-9,11,20H,4-7,10H2,(H,21,22). The third kappa shape index (κ3) is 4.04. The molecule has 4 nitrogen and oxygen atoms in total. The van der Waals surface area contributed by atoms with Gasteiger partial charge in [0.2, 0.25) is 0 Å². The highest BCUT2D eigenvalue weighted by atomic mass is 19.4. The van der Waals surface area contributed by atoms with E-state index in [2.05, 4.69) is 15.5 Å². The highest BCUT2D eigenvalue weighted by Gasteiger charge is 2.30. The van der Waals surface area contributed by atoms with E-state index in [1.165, 1.54) is 12.1 Å². The second-order valence-corrected chi connectivity index (χ2v) is 5.63. The Kier molecular flexibility index (Phi) is 4.56. The van der Waals surface area contributed by atoms with Crippen molar-refractivity contribution < 1.29 is 17.9 Å². The molecule has 1 saturated heterocycles. The Balaban J connectivity index is 1.53. The summed E-state index contributed by atoms with van der Waals surface area (Å²) < 4.78 is 43.3. The van der Waals surface area contributed by atoms with Crippen molar-refractivity contribution in [2.24, 2.45) is 0 Å².